The van der Waals surface area contributed by atoms with E-state index in [1.165, 1.54) is 14.2 Å². The van der Waals surface area contributed by atoms with Gasteiger partial charge in [0.2, 0.25) is 5.91 Å². The molecule has 1 heterocycles. The van der Waals surface area contributed by atoms with Crippen LogP contribution in [0.1, 0.15) is 16.1 Å². The number of hydrogen-bond acceptors (Lipinski definition) is 6. The number of pyridine rings is 1. The fraction of sp³-hybridized carbons (Fsp3) is 0.316. The van der Waals surface area contributed by atoms with E-state index in [2.05, 4.69) is 15.6 Å². The predicted octanol–water partition coefficient (Wildman–Crippen LogP) is 2.16. The van der Waals surface area contributed by atoms with Gasteiger partial charge < -0.3 is 25.0 Å². The van der Waals surface area contributed by atoms with Crippen LogP contribution in [0.5, 0.6) is 11.5 Å². The number of benzene rings is 1. The van der Waals surface area contributed by atoms with Gasteiger partial charge in [-0.05, 0) is 45.3 Å². The van der Waals surface area contributed by atoms with E-state index in [1.807, 2.05) is 0 Å². The zero-order valence-electron chi connectivity index (χ0n) is 16.1. The molecule has 144 valence electrons. The van der Waals surface area contributed by atoms with E-state index in [-0.39, 0.29) is 18.4 Å². The van der Waals surface area contributed by atoms with Gasteiger partial charge in [-0.25, -0.2) is 0 Å². The number of carbonyl (C=O) groups excluding carboxylic acids is 2. The summed E-state index contributed by atoms with van der Waals surface area (Å²) >= 11 is 0. The molecule has 1 aromatic heterocycles. The Labute approximate surface area is 158 Å². The number of likely N-dealkylation sites (N-methyl/N-ethyl adjacent to an activating group) is 1. The van der Waals surface area contributed by atoms with Gasteiger partial charge in [0, 0.05) is 11.8 Å². The summed E-state index contributed by atoms with van der Waals surface area (Å²) in [5.41, 5.74) is 1.98. The SMILES string of the molecule is COc1cc(C(=O)Nc2cccnc2C)cc(NC(=O)CN(C)C)c1OC. The highest BCUT2D eigenvalue weighted by atomic mass is 16.5. The smallest absolute Gasteiger partial charge is 0.255 e. The molecule has 8 nitrogen and oxygen atoms in total. The monoisotopic (exact) mass is 372 g/mol. The average molecular weight is 372 g/mol. The second-order valence-electron chi connectivity index (χ2n) is 6.14. The second-order valence-corrected chi connectivity index (χ2v) is 6.14. The highest BCUT2D eigenvalue weighted by Crippen LogP contribution is 2.37. The van der Waals surface area contributed by atoms with E-state index in [1.54, 1.807) is 56.4 Å². The van der Waals surface area contributed by atoms with Gasteiger partial charge in [-0.15, -0.1) is 0 Å². The molecule has 2 aromatic rings. The van der Waals surface area contributed by atoms with Gasteiger partial charge in [0.1, 0.15) is 0 Å². The molecule has 0 saturated heterocycles. The van der Waals surface area contributed by atoms with E-state index < -0.39 is 0 Å². The zero-order chi connectivity index (χ0) is 20.0. The first-order chi connectivity index (χ1) is 12.8. The molecule has 0 unspecified atom stereocenters. The standard InChI is InChI=1S/C19H24N4O4/c1-12-14(7-6-8-20-12)22-19(25)13-9-15(21-17(24)11-23(2)3)18(27-5)16(10-13)26-4/h6-10H,11H2,1-5H3,(H,21,24)(H,22,25). The number of ether oxygens (including phenoxy) is 2. The Hall–Kier alpha value is -3.13. The van der Waals surface area contributed by atoms with Crippen molar-refractivity contribution in [3.05, 3.63) is 41.7 Å². The fourth-order valence-corrected chi connectivity index (χ4v) is 2.48. The quantitative estimate of drug-likeness (QED) is 0.774. The average Bonchev–Trinajstić information content (AvgIpc) is 2.62. The normalized spacial score (nSPS) is 10.4. The maximum absolute atomic E-state index is 12.7. The number of amides is 2. The summed E-state index contributed by atoms with van der Waals surface area (Å²) in [6, 6.07) is 6.61. The van der Waals surface area contributed by atoms with Gasteiger partial charge in [-0.3, -0.25) is 14.6 Å². The van der Waals surface area contributed by atoms with Crippen LogP contribution in [0.25, 0.3) is 0 Å². The summed E-state index contributed by atoms with van der Waals surface area (Å²) in [7, 11) is 6.52. The van der Waals surface area contributed by atoms with Gasteiger partial charge in [0.05, 0.1) is 37.8 Å². The van der Waals surface area contributed by atoms with Gasteiger partial charge in [-0.1, -0.05) is 0 Å². The number of aryl methyl sites for hydroxylation is 1. The first-order valence-corrected chi connectivity index (χ1v) is 8.29. The third-order valence-electron chi connectivity index (χ3n) is 3.73. The van der Waals surface area contributed by atoms with Crippen molar-refractivity contribution in [2.75, 3.05) is 45.5 Å². The maximum Gasteiger partial charge on any atom is 0.255 e. The molecule has 0 atom stereocenters. The molecule has 0 bridgehead atoms. The molecule has 0 spiro atoms. The maximum atomic E-state index is 12.7. The number of aromatic nitrogens is 1. The number of nitrogens with one attached hydrogen (secondary N) is 2. The Kier molecular flexibility index (Phi) is 6.73. The minimum Gasteiger partial charge on any atom is -0.493 e. The molecular weight excluding hydrogens is 348 g/mol. The third-order valence-corrected chi connectivity index (χ3v) is 3.73. The predicted molar refractivity (Wildman–Crippen MR) is 104 cm³/mol. The van der Waals surface area contributed by atoms with Crippen molar-refractivity contribution in [2.45, 2.75) is 6.92 Å². The van der Waals surface area contributed by atoms with Gasteiger partial charge in [0.25, 0.3) is 5.91 Å². The highest BCUT2D eigenvalue weighted by molar-refractivity contribution is 6.06. The van der Waals surface area contributed by atoms with Crippen LogP contribution < -0.4 is 20.1 Å². The molecule has 0 aliphatic carbocycles. The van der Waals surface area contributed by atoms with Crippen LogP contribution in [0.3, 0.4) is 0 Å². The molecule has 27 heavy (non-hydrogen) atoms. The van der Waals surface area contributed by atoms with Crippen LogP contribution in [-0.2, 0) is 4.79 Å². The Morgan fingerprint density at radius 3 is 2.44 bits per heavy atom. The summed E-state index contributed by atoms with van der Waals surface area (Å²) < 4.78 is 10.7. The van der Waals surface area contributed by atoms with E-state index in [0.717, 1.165) is 0 Å². The lowest BCUT2D eigenvalue weighted by atomic mass is 10.1. The Balaban J connectivity index is 2.36. The number of rotatable bonds is 7. The Morgan fingerprint density at radius 2 is 1.85 bits per heavy atom. The van der Waals surface area contributed by atoms with Crippen LogP contribution in [0.15, 0.2) is 30.5 Å². The topological polar surface area (TPSA) is 92.8 Å². The minimum absolute atomic E-state index is 0.191. The van der Waals surface area contributed by atoms with Crippen molar-refractivity contribution < 1.29 is 19.1 Å². The molecular formula is C19H24N4O4. The first-order valence-electron chi connectivity index (χ1n) is 8.29. The fourth-order valence-electron chi connectivity index (χ4n) is 2.48. The lowest BCUT2D eigenvalue weighted by molar-refractivity contribution is -0.116. The van der Waals surface area contributed by atoms with Crippen molar-refractivity contribution >= 4 is 23.2 Å². The van der Waals surface area contributed by atoms with Crippen molar-refractivity contribution in [3.63, 3.8) is 0 Å². The molecule has 0 fully saturated rings. The van der Waals surface area contributed by atoms with E-state index in [0.29, 0.717) is 34.1 Å². The Morgan fingerprint density at radius 1 is 1.11 bits per heavy atom. The van der Waals surface area contributed by atoms with Crippen LogP contribution in [-0.4, -0.2) is 56.6 Å². The lowest BCUT2D eigenvalue weighted by Gasteiger charge is -2.17. The number of nitrogens with zero attached hydrogens (tertiary/aromatic N) is 2. The molecule has 2 N–H and O–H groups in total. The minimum atomic E-state index is -0.352. The van der Waals surface area contributed by atoms with Gasteiger partial charge >= 0.3 is 0 Å². The van der Waals surface area contributed by atoms with E-state index in [4.69, 9.17) is 9.47 Å². The van der Waals surface area contributed by atoms with E-state index in [9.17, 15) is 9.59 Å². The third kappa shape index (κ3) is 5.18. The van der Waals surface area contributed by atoms with Gasteiger partial charge in [-0.2, -0.15) is 0 Å². The summed E-state index contributed by atoms with van der Waals surface area (Å²) in [4.78, 5) is 30.7. The van der Waals surface area contributed by atoms with Crippen molar-refractivity contribution in [1.29, 1.82) is 0 Å². The number of carbonyl (C=O) groups is 2. The molecule has 0 radical (unpaired) electrons. The summed E-state index contributed by atoms with van der Waals surface area (Å²) in [5.74, 6) is 0.100. The molecule has 0 saturated carbocycles. The van der Waals surface area contributed by atoms with Crippen LogP contribution in [0.2, 0.25) is 0 Å². The summed E-state index contributed by atoms with van der Waals surface area (Å²) in [6.45, 7) is 1.99. The lowest BCUT2D eigenvalue weighted by Crippen LogP contribution is -2.27. The summed E-state index contributed by atoms with van der Waals surface area (Å²) in [5, 5.41) is 5.57. The molecule has 2 amide bonds. The molecule has 0 aliphatic rings. The molecule has 2 rings (SSSR count). The van der Waals surface area contributed by atoms with Crippen LogP contribution in [0.4, 0.5) is 11.4 Å². The number of hydrogen-bond donors (Lipinski definition) is 2. The first kappa shape index (κ1) is 20.2. The van der Waals surface area contributed by atoms with E-state index >= 15 is 0 Å². The highest BCUT2D eigenvalue weighted by Gasteiger charge is 2.18. The van der Waals surface area contributed by atoms with Crippen LogP contribution in [0, 0.1) is 6.92 Å². The van der Waals surface area contributed by atoms with Crippen molar-refractivity contribution in [1.82, 2.24) is 9.88 Å². The van der Waals surface area contributed by atoms with Crippen molar-refractivity contribution in [2.24, 2.45) is 0 Å². The number of methoxy groups -OCH3 is 2. The second kappa shape index (κ2) is 9.00. The molecule has 1 aromatic carbocycles. The molecule has 8 heteroatoms. The Bertz CT molecular complexity index is 836. The van der Waals surface area contributed by atoms with Crippen LogP contribution >= 0.6 is 0 Å². The zero-order valence-corrected chi connectivity index (χ0v) is 16.1. The van der Waals surface area contributed by atoms with Gasteiger partial charge in [0.15, 0.2) is 11.5 Å². The molecule has 0 aliphatic heterocycles. The largest absolute Gasteiger partial charge is 0.493 e. The summed E-state index contributed by atoms with van der Waals surface area (Å²) in [6.07, 6.45) is 1.65. The van der Waals surface area contributed by atoms with Crippen molar-refractivity contribution in [3.8, 4) is 11.5 Å². The number of anilines is 2.